The fourth-order valence-corrected chi connectivity index (χ4v) is 4.71. The fourth-order valence-electron chi connectivity index (χ4n) is 4.71. The van der Waals surface area contributed by atoms with Crippen LogP contribution in [0.3, 0.4) is 0 Å². The molecular weight excluding hydrogens is 462 g/mol. The number of imidazole rings is 1. The molecule has 6 heterocycles. The van der Waals surface area contributed by atoms with E-state index in [1.165, 1.54) is 19.3 Å². The molecule has 37 heavy (non-hydrogen) atoms. The summed E-state index contributed by atoms with van der Waals surface area (Å²) in [5, 5.41) is 11.8. The Morgan fingerprint density at radius 3 is 2.70 bits per heavy atom. The average Bonchev–Trinajstić information content (AvgIpc) is 3.52. The summed E-state index contributed by atoms with van der Waals surface area (Å²) in [5.74, 6) is 1.18. The van der Waals surface area contributed by atoms with Crippen molar-refractivity contribution in [1.82, 2.24) is 40.1 Å². The quantitative estimate of drug-likeness (QED) is 0.275. The highest BCUT2D eigenvalue weighted by molar-refractivity contribution is 5.95. The number of H-pyrrole nitrogens is 2. The number of hydrogen-bond acceptors (Lipinski definition) is 7. The van der Waals surface area contributed by atoms with Crippen LogP contribution < -0.4 is 5.32 Å². The first kappa shape index (κ1) is 21.4. The number of aromatic amines is 2. The maximum atomic E-state index is 4.75. The SMILES string of the molecule is C=C(Nc1cncc(-c2cnc3n[nH]c(-c4nc5nccc(-c6ccccn6)c5[nH]4)c3c2)c1)C1CCC1. The Morgan fingerprint density at radius 1 is 0.946 bits per heavy atom. The van der Waals surface area contributed by atoms with Gasteiger partial charge in [0.15, 0.2) is 17.1 Å². The van der Waals surface area contributed by atoms with Gasteiger partial charge in [-0.15, -0.1) is 0 Å². The molecule has 0 bridgehead atoms. The minimum absolute atomic E-state index is 0.548. The maximum absolute atomic E-state index is 4.75. The largest absolute Gasteiger partial charge is 0.358 e. The van der Waals surface area contributed by atoms with Gasteiger partial charge in [0.05, 0.1) is 28.5 Å². The molecule has 0 atom stereocenters. The van der Waals surface area contributed by atoms with Crippen LogP contribution in [0.2, 0.25) is 0 Å². The lowest BCUT2D eigenvalue weighted by Crippen LogP contribution is -2.18. The normalized spacial score (nSPS) is 13.6. The lowest BCUT2D eigenvalue weighted by atomic mass is 9.83. The smallest absolute Gasteiger partial charge is 0.181 e. The predicted molar refractivity (Wildman–Crippen MR) is 143 cm³/mol. The molecule has 1 fully saturated rings. The summed E-state index contributed by atoms with van der Waals surface area (Å²) >= 11 is 0. The van der Waals surface area contributed by atoms with E-state index in [9.17, 15) is 0 Å². The van der Waals surface area contributed by atoms with Crippen LogP contribution in [0.25, 0.3) is 56.1 Å². The number of allylic oxidation sites excluding steroid dienone is 1. The van der Waals surface area contributed by atoms with Gasteiger partial charge < -0.3 is 10.3 Å². The van der Waals surface area contributed by atoms with Crippen LogP contribution in [-0.2, 0) is 0 Å². The van der Waals surface area contributed by atoms with Crippen LogP contribution in [0.5, 0.6) is 0 Å². The van der Waals surface area contributed by atoms with Crippen molar-refractivity contribution in [3.63, 3.8) is 0 Å². The third-order valence-corrected chi connectivity index (χ3v) is 6.95. The zero-order valence-electron chi connectivity index (χ0n) is 19.9. The molecule has 0 aliphatic heterocycles. The van der Waals surface area contributed by atoms with Crippen molar-refractivity contribution in [3.8, 4) is 33.9 Å². The van der Waals surface area contributed by atoms with Gasteiger partial charge >= 0.3 is 0 Å². The molecule has 0 radical (unpaired) electrons. The molecule has 9 heteroatoms. The first-order valence-electron chi connectivity index (χ1n) is 12.2. The lowest BCUT2D eigenvalue weighted by molar-refractivity contribution is 0.371. The molecule has 7 rings (SSSR count). The van der Waals surface area contributed by atoms with Gasteiger partial charge in [0.2, 0.25) is 0 Å². The molecule has 0 amide bonds. The van der Waals surface area contributed by atoms with E-state index in [0.29, 0.717) is 23.0 Å². The summed E-state index contributed by atoms with van der Waals surface area (Å²) in [6.07, 6.45) is 12.7. The zero-order chi connectivity index (χ0) is 24.8. The molecule has 180 valence electrons. The first-order chi connectivity index (χ1) is 18.2. The summed E-state index contributed by atoms with van der Waals surface area (Å²) in [5.41, 5.74) is 8.44. The van der Waals surface area contributed by atoms with E-state index in [-0.39, 0.29) is 0 Å². The number of aromatic nitrogens is 8. The monoisotopic (exact) mass is 485 g/mol. The minimum atomic E-state index is 0.548. The Kier molecular flexibility index (Phi) is 4.99. The van der Waals surface area contributed by atoms with Gasteiger partial charge in [0, 0.05) is 47.2 Å². The van der Waals surface area contributed by atoms with Gasteiger partial charge in [-0.25, -0.2) is 15.0 Å². The molecule has 9 nitrogen and oxygen atoms in total. The van der Waals surface area contributed by atoms with Crippen LogP contribution in [-0.4, -0.2) is 40.1 Å². The summed E-state index contributed by atoms with van der Waals surface area (Å²) in [4.78, 5) is 26.1. The van der Waals surface area contributed by atoms with Crippen LogP contribution in [0, 0.1) is 5.92 Å². The Hall–Kier alpha value is -4.92. The fraction of sp³-hybridized carbons (Fsp3) is 0.143. The molecular formula is C28H23N9. The zero-order valence-corrected chi connectivity index (χ0v) is 19.9. The van der Waals surface area contributed by atoms with Crippen LogP contribution in [0.4, 0.5) is 5.69 Å². The van der Waals surface area contributed by atoms with Crippen molar-refractivity contribution >= 4 is 27.9 Å². The van der Waals surface area contributed by atoms with Crippen molar-refractivity contribution < 1.29 is 0 Å². The second-order valence-electron chi connectivity index (χ2n) is 9.29. The molecule has 1 aliphatic rings. The summed E-state index contributed by atoms with van der Waals surface area (Å²) in [6.45, 7) is 4.21. The number of anilines is 1. The second kappa shape index (κ2) is 8.63. The highest BCUT2D eigenvalue weighted by atomic mass is 15.2. The number of nitrogens with one attached hydrogen (secondary N) is 3. The van der Waals surface area contributed by atoms with E-state index < -0.39 is 0 Å². The Morgan fingerprint density at radius 2 is 1.86 bits per heavy atom. The lowest BCUT2D eigenvalue weighted by Gasteiger charge is -2.28. The van der Waals surface area contributed by atoms with Crippen LogP contribution in [0.1, 0.15) is 19.3 Å². The second-order valence-corrected chi connectivity index (χ2v) is 9.29. The topological polar surface area (TPSA) is 121 Å². The van der Waals surface area contributed by atoms with E-state index >= 15 is 0 Å². The third-order valence-electron chi connectivity index (χ3n) is 6.95. The van der Waals surface area contributed by atoms with E-state index in [1.807, 2.05) is 42.9 Å². The van der Waals surface area contributed by atoms with Gasteiger partial charge in [-0.2, -0.15) is 5.10 Å². The Balaban J connectivity index is 1.26. The van der Waals surface area contributed by atoms with Crippen molar-refractivity contribution in [2.45, 2.75) is 19.3 Å². The van der Waals surface area contributed by atoms with Gasteiger partial charge in [-0.05, 0) is 49.1 Å². The van der Waals surface area contributed by atoms with Crippen LogP contribution >= 0.6 is 0 Å². The van der Waals surface area contributed by atoms with Crippen molar-refractivity contribution in [2.24, 2.45) is 5.92 Å². The van der Waals surface area contributed by atoms with Crippen molar-refractivity contribution in [1.29, 1.82) is 0 Å². The van der Waals surface area contributed by atoms with Gasteiger partial charge in [-0.3, -0.25) is 15.1 Å². The molecule has 0 unspecified atom stereocenters. The number of rotatable bonds is 6. The van der Waals surface area contributed by atoms with Gasteiger partial charge in [0.25, 0.3) is 0 Å². The highest BCUT2D eigenvalue weighted by Gasteiger charge is 2.21. The molecule has 0 aromatic carbocycles. The molecule has 6 aromatic rings. The first-order valence-corrected chi connectivity index (χ1v) is 12.2. The number of nitrogens with zero attached hydrogens (tertiary/aromatic N) is 6. The maximum Gasteiger partial charge on any atom is 0.181 e. The molecule has 6 aromatic heterocycles. The summed E-state index contributed by atoms with van der Waals surface area (Å²) < 4.78 is 0. The highest BCUT2D eigenvalue weighted by Crippen LogP contribution is 2.34. The predicted octanol–water partition coefficient (Wildman–Crippen LogP) is 5.75. The summed E-state index contributed by atoms with van der Waals surface area (Å²) in [7, 11) is 0. The van der Waals surface area contributed by atoms with E-state index in [0.717, 1.165) is 50.4 Å². The van der Waals surface area contributed by atoms with E-state index in [1.54, 1.807) is 12.4 Å². The minimum Gasteiger partial charge on any atom is -0.358 e. The molecule has 1 aliphatic carbocycles. The average molecular weight is 486 g/mol. The number of fused-ring (bicyclic) bond motifs is 2. The van der Waals surface area contributed by atoms with Crippen molar-refractivity contribution in [2.75, 3.05) is 5.32 Å². The molecule has 0 spiro atoms. The Labute approximate surface area is 212 Å². The van der Waals surface area contributed by atoms with Crippen LogP contribution in [0.15, 0.2) is 79.7 Å². The number of hydrogen-bond donors (Lipinski definition) is 3. The number of pyridine rings is 4. The van der Waals surface area contributed by atoms with Gasteiger partial charge in [-0.1, -0.05) is 19.1 Å². The summed E-state index contributed by atoms with van der Waals surface area (Å²) in [6, 6.07) is 11.9. The standard InChI is InChI=1S/C28H23N9/c1-16(17-5-4-6-17)33-20-11-18(13-29-15-20)19-12-22-25(36-37-26(22)32-14-19)28-34-24-21(8-10-31-27(24)35-28)23-7-2-3-9-30-23/h2-3,7-15,17,33H,1,4-6H2,(H,31,34,35)(H,32,36,37). The third kappa shape index (κ3) is 3.81. The van der Waals surface area contributed by atoms with E-state index in [4.69, 9.17) is 4.98 Å². The molecule has 3 N–H and O–H groups in total. The Bertz CT molecular complexity index is 1760. The van der Waals surface area contributed by atoms with Gasteiger partial charge in [0.1, 0.15) is 5.69 Å². The van der Waals surface area contributed by atoms with Crippen molar-refractivity contribution in [3.05, 3.63) is 79.7 Å². The van der Waals surface area contributed by atoms with E-state index in [2.05, 4.69) is 59.1 Å². The molecule has 1 saturated carbocycles. The molecule has 0 saturated heterocycles.